The SMILES string of the molecule is Cc1ccccc1CCc1ccc(Cc2c[nH]c3ncccc23)cn1. The molecule has 25 heavy (non-hydrogen) atoms. The number of H-pyrrole nitrogens is 1. The van der Waals surface area contributed by atoms with E-state index >= 15 is 0 Å². The first kappa shape index (κ1) is 15.6. The third kappa shape index (κ3) is 3.45. The number of hydrogen-bond acceptors (Lipinski definition) is 2. The minimum absolute atomic E-state index is 0.872. The largest absolute Gasteiger partial charge is 0.346 e. The van der Waals surface area contributed by atoms with Crippen molar-refractivity contribution in [3.8, 4) is 0 Å². The summed E-state index contributed by atoms with van der Waals surface area (Å²) >= 11 is 0. The van der Waals surface area contributed by atoms with Gasteiger partial charge in [0.15, 0.2) is 0 Å². The van der Waals surface area contributed by atoms with Gasteiger partial charge in [-0.2, -0.15) is 0 Å². The summed E-state index contributed by atoms with van der Waals surface area (Å²) in [6, 6.07) is 17.0. The lowest BCUT2D eigenvalue weighted by Gasteiger charge is -2.06. The quantitative estimate of drug-likeness (QED) is 0.580. The molecule has 0 spiro atoms. The molecule has 4 aromatic rings. The topological polar surface area (TPSA) is 41.6 Å². The van der Waals surface area contributed by atoms with E-state index in [-0.39, 0.29) is 0 Å². The van der Waals surface area contributed by atoms with Gasteiger partial charge >= 0.3 is 0 Å². The third-order valence-electron chi connectivity index (χ3n) is 4.73. The van der Waals surface area contributed by atoms with Crippen molar-refractivity contribution in [3.05, 3.63) is 95.1 Å². The highest BCUT2D eigenvalue weighted by Crippen LogP contribution is 2.19. The lowest BCUT2D eigenvalue weighted by molar-refractivity contribution is 0.901. The number of fused-ring (bicyclic) bond motifs is 1. The van der Waals surface area contributed by atoms with Crippen LogP contribution in [-0.4, -0.2) is 15.0 Å². The van der Waals surface area contributed by atoms with Gasteiger partial charge in [0, 0.05) is 36.1 Å². The normalized spacial score (nSPS) is 11.1. The van der Waals surface area contributed by atoms with Gasteiger partial charge in [-0.1, -0.05) is 30.3 Å². The van der Waals surface area contributed by atoms with Crippen LogP contribution in [-0.2, 0) is 19.3 Å². The fourth-order valence-electron chi connectivity index (χ4n) is 3.24. The van der Waals surface area contributed by atoms with E-state index in [4.69, 9.17) is 0 Å². The van der Waals surface area contributed by atoms with Gasteiger partial charge in [-0.25, -0.2) is 4.98 Å². The number of nitrogens with zero attached hydrogens (tertiary/aromatic N) is 2. The number of aromatic nitrogens is 3. The molecule has 0 saturated carbocycles. The summed E-state index contributed by atoms with van der Waals surface area (Å²) in [4.78, 5) is 12.2. The van der Waals surface area contributed by atoms with E-state index < -0.39 is 0 Å². The molecule has 0 aliphatic heterocycles. The minimum Gasteiger partial charge on any atom is -0.346 e. The van der Waals surface area contributed by atoms with Gasteiger partial charge in [0.25, 0.3) is 0 Å². The highest BCUT2D eigenvalue weighted by Gasteiger charge is 2.06. The Balaban J connectivity index is 1.44. The lowest BCUT2D eigenvalue weighted by atomic mass is 10.0. The first-order valence-electron chi connectivity index (χ1n) is 8.69. The standard InChI is InChI=1S/C22H21N3/c1-16-5-2-3-6-18(16)9-11-20-10-8-17(14-24-20)13-19-15-25-22-21(19)7-4-12-23-22/h2-8,10,12,14-15H,9,11,13H2,1H3,(H,23,25). The maximum atomic E-state index is 4.66. The molecule has 0 bridgehead atoms. The first-order chi connectivity index (χ1) is 12.3. The van der Waals surface area contributed by atoms with Crippen molar-refractivity contribution in [3.63, 3.8) is 0 Å². The Hall–Kier alpha value is -2.94. The van der Waals surface area contributed by atoms with Gasteiger partial charge in [0.05, 0.1) is 0 Å². The molecule has 1 N–H and O–H groups in total. The highest BCUT2D eigenvalue weighted by atomic mass is 14.8. The van der Waals surface area contributed by atoms with E-state index in [1.54, 1.807) is 0 Å². The fourth-order valence-corrected chi connectivity index (χ4v) is 3.24. The van der Waals surface area contributed by atoms with E-state index in [9.17, 15) is 0 Å². The second kappa shape index (κ2) is 6.89. The average Bonchev–Trinajstić information content (AvgIpc) is 3.05. The summed E-state index contributed by atoms with van der Waals surface area (Å²) in [6.07, 6.45) is 8.74. The molecule has 0 unspecified atom stereocenters. The van der Waals surface area contributed by atoms with Crippen LogP contribution in [0.4, 0.5) is 0 Å². The predicted octanol–water partition coefficient (Wildman–Crippen LogP) is 4.64. The molecule has 0 aliphatic rings. The number of rotatable bonds is 5. The van der Waals surface area contributed by atoms with Crippen LogP contribution in [0.5, 0.6) is 0 Å². The second-order valence-corrected chi connectivity index (χ2v) is 6.47. The van der Waals surface area contributed by atoms with Crippen molar-refractivity contribution >= 4 is 11.0 Å². The molecule has 0 amide bonds. The van der Waals surface area contributed by atoms with Crippen molar-refractivity contribution < 1.29 is 0 Å². The zero-order valence-corrected chi connectivity index (χ0v) is 14.4. The van der Waals surface area contributed by atoms with E-state index in [1.165, 1.54) is 27.6 Å². The Kier molecular flexibility index (Phi) is 4.30. The first-order valence-corrected chi connectivity index (χ1v) is 8.69. The van der Waals surface area contributed by atoms with Crippen LogP contribution in [0.1, 0.15) is 27.9 Å². The highest BCUT2D eigenvalue weighted by molar-refractivity contribution is 5.79. The molecule has 3 nitrogen and oxygen atoms in total. The van der Waals surface area contributed by atoms with E-state index in [2.05, 4.69) is 64.3 Å². The van der Waals surface area contributed by atoms with Crippen LogP contribution < -0.4 is 0 Å². The van der Waals surface area contributed by atoms with Crippen molar-refractivity contribution in [1.29, 1.82) is 0 Å². The molecule has 0 aliphatic carbocycles. The molecule has 1 aromatic carbocycles. The molecule has 4 rings (SSSR count). The van der Waals surface area contributed by atoms with Gasteiger partial charge in [-0.3, -0.25) is 4.98 Å². The van der Waals surface area contributed by atoms with Gasteiger partial charge < -0.3 is 4.98 Å². The lowest BCUT2D eigenvalue weighted by Crippen LogP contribution is -1.97. The van der Waals surface area contributed by atoms with Crippen LogP contribution in [0.15, 0.2) is 67.1 Å². The smallest absolute Gasteiger partial charge is 0.137 e. The number of hydrogen-bond donors (Lipinski definition) is 1. The zero-order chi connectivity index (χ0) is 17.1. The Morgan fingerprint density at radius 3 is 2.64 bits per heavy atom. The Morgan fingerprint density at radius 2 is 1.80 bits per heavy atom. The number of aromatic amines is 1. The molecule has 0 saturated heterocycles. The van der Waals surface area contributed by atoms with Crippen LogP contribution in [0.2, 0.25) is 0 Å². The van der Waals surface area contributed by atoms with Crippen molar-refractivity contribution in [2.75, 3.05) is 0 Å². The van der Waals surface area contributed by atoms with E-state index in [1.807, 2.05) is 24.7 Å². The summed E-state index contributed by atoms with van der Waals surface area (Å²) in [6.45, 7) is 2.17. The zero-order valence-electron chi connectivity index (χ0n) is 14.4. The van der Waals surface area contributed by atoms with Gasteiger partial charge in [-0.15, -0.1) is 0 Å². The number of benzene rings is 1. The molecular formula is C22H21N3. The molecular weight excluding hydrogens is 306 g/mol. The van der Waals surface area contributed by atoms with Crippen molar-refractivity contribution in [1.82, 2.24) is 15.0 Å². The van der Waals surface area contributed by atoms with Gasteiger partial charge in [0.1, 0.15) is 5.65 Å². The molecule has 124 valence electrons. The monoisotopic (exact) mass is 327 g/mol. The molecule has 3 aromatic heterocycles. The van der Waals surface area contributed by atoms with Crippen LogP contribution in [0.25, 0.3) is 11.0 Å². The van der Waals surface area contributed by atoms with E-state index in [0.717, 1.165) is 30.6 Å². The number of aryl methyl sites for hydroxylation is 3. The minimum atomic E-state index is 0.872. The Labute approximate surface area is 147 Å². The third-order valence-corrected chi connectivity index (χ3v) is 4.73. The van der Waals surface area contributed by atoms with Crippen LogP contribution in [0.3, 0.4) is 0 Å². The Bertz CT molecular complexity index is 984. The van der Waals surface area contributed by atoms with E-state index in [0.29, 0.717) is 0 Å². The molecule has 3 heteroatoms. The Morgan fingerprint density at radius 1 is 0.880 bits per heavy atom. The summed E-state index contributed by atoms with van der Waals surface area (Å²) in [7, 11) is 0. The van der Waals surface area contributed by atoms with Crippen molar-refractivity contribution in [2.24, 2.45) is 0 Å². The summed E-state index contributed by atoms with van der Waals surface area (Å²) < 4.78 is 0. The van der Waals surface area contributed by atoms with Crippen LogP contribution in [0, 0.1) is 6.92 Å². The maximum absolute atomic E-state index is 4.66. The predicted molar refractivity (Wildman–Crippen MR) is 102 cm³/mol. The summed E-state index contributed by atoms with van der Waals surface area (Å²) in [5, 5.41) is 1.19. The average molecular weight is 327 g/mol. The fraction of sp³-hybridized carbons (Fsp3) is 0.182. The molecule has 0 fully saturated rings. The summed E-state index contributed by atoms with van der Waals surface area (Å²) in [5.41, 5.74) is 7.33. The van der Waals surface area contributed by atoms with Gasteiger partial charge in [0.2, 0.25) is 0 Å². The van der Waals surface area contributed by atoms with Gasteiger partial charge in [-0.05, 0) is 60.2 Å². The number of pyridine rings is 2. The van der Waals surface area contributed by atoms with Crippen LogP contribution >= 0.6 is 0 Å². The van der Waals surface area contributed by atoms with Crippen molar-refractivity contribution in [2.45, 2.75) is 26.2 Å². The summed E-state index contributed by atoms with van der Waals surface area (Å²) in [5.74, 6) is 0. The molecule has 0 radical (unpaired) electrons. The molecule has 0 atom stereocenters. The molecule has 3 heterocycles. The number of nitrogens with one attached hydrogen (secondary N) is 1. The maximum Gasteiger partial charge on any atom is 0.137 e. The second-order valence-electron chi connectivity index (χ2n) is 6.47.